The van der Waals surface area contributed by atoms with E-state index < -0.39 is 0 Å². The zero-order chi connectivity index (χ0) is 13.0. The second-order valence-corrected chi connectivity index (χ2v) is 6.77. The summed E-state index contributed by atoms with van der Waals surface area (Å²) in [7, 11) is 1.66. The highest BCUT2D eigenvalue weighted by Gasteiger charge is 2.16. The van der Waals surface area contributed by atoms with Crippen LogP contribution in [0.4, 0.5) is 5.13 Å². The summed E-state index contributed by atoms with van der Waals surface area (Å²) in [5.74, 6) is 2.01. The Morgan fingerprint density at radius 2 is 2.17 bits per heavy atom. The summed E-state index contributed by atoms with van der Waals surface area (Å²) in [6.07, 6.45) is 0. The molecule has 0 aliphatic rings. The fourth-order valence-corrected chi connectivity index (χ4v) is 3.87. The quantitative estimate of drug-likeness (QED) is 0.884. The number of thioether (sulfide) groups is 1. The molecular formula is C10H14N4OS3. The summed E-state index contributed by atoms with van der Waals surface area (Å²) in [4.78, 5) is 5.62. The highest BCUT2D eigenvalue weighted by atomic mass is 32.2. The lowest BCUT2D eigenvalue weighted by Crippen LogP contribution is -1.91. The van der Waals surface area contributed by atoms with Crippen LogP contribution in [0.1, 0.15) is 17.6 Å². The molecule has 0 saturated carbocycles. The maximum atomic E-state index is 5.62. The molecule has 2 aromatic heterocycles. The summed E-state index contributed by atoms with van der Waals surface area (Å²) in [6.45, 7) is 2.63. The van der Waals surface area contributed by atoms with Crippen LogP contribution in [0.2, 0.25) is 0 Å². The minimum Gasteiger partial charge on any atom is -0.378 e. The Morgan fingerprint density at radius 3 is 2.78 bits per heavy atom. The second kappa shape index (κ2) is 6.46. The topological polar surface area (TPSA) is 73.9 Å². The Balaban J connectivity index is 2.28. The smallest absolute Gasteiger partial charge is 0.203 e. The lowest BCUT2D eigenvalue weighted by atomic mass is 10.4. The van der Waals surface area contributed by atoms with Gasteiger partial charge < -0.3 is 10.5 Å². The molecular weight excluding hydrogens is 288 g/mol. The van der Waals surface area contributed by atoms with Gasteiger partial charge in [0.15, 0.2) is 5.01 Å². The van der Waals surface area contributed by atoms with Gasteiger partial charge in [-0.15, -0.1) is 21.5 Å². The van der Waals surface area contributed by atoms with Crippen molar-refractivity contribution in [2.75, 3.05) is 18.6 Å². The lowest BCUT2D eigenvalue weighted by Gasteiger charge is -1.95. The largest absolute Gasteiger partial charge is 0.378 e. The molecule has 0 fully saturated rings. The van der Waals surface area contributed by atoms with Crippen molar-refractivity contribution in [2.45, 2.75) is 19.3 Å². The third-order valence-electron chi connectivity index (χ3n) is 2.09. The van der Waals surface area contributed by atoms with E-state index in [0.29, 0.717) is 11.7 Å². The minimum atomic E-state index is 0.478. The number of anilines is 1. The summed E-state index contributed by atoms with van der Waals surface area (Å²) >= 11 is 4.88. The number of aromatic nitrogens is 3. The van der Waals surface area contributed by atoms with E-state index in [1.807, 2.05) is 11.8 Å². The van der Waals surface area contributed by atoms with E-state index in [2.05, 4.69) is 22.1 Å². The van der Waals surface area contributed by atoms with E-state index >= 15 is 0 Å². The van der Waals surface area contributed by atoms with Crippen LogP contribution < -0.4 is 5.73 Å². The van der Waals surface area contributed by atoms with E-state index in [-0.39, 0.29) is 0 Å². The van der Waals surface area contributed by atoms with Gasteiger partial charge in [0.1, 0.15) is 5.01 Å². The summed E-state index contributed by atoms with van der Waals surface area (Å²) in [5, 5.41) is 10.3. The molecule has 0 spiro atoms. The van der Waals surface area contributed by atoms with Crippen LogP contribution in [0, 0.1) is 0 Å². The van der Waals surface area contributed by atoms with E-state index in [1.165, 1.54) is 11.3 Å². The number of methoxy groups -OCH3 is 1. The van der Waals surface area contributed by atoms with Crippen LogP contribution in [0.15, 0.2) is 0 Å². The molecule has 0 saturated heterocycles. The molecule has 0 aromatic carbocycles. The molecule has 2 rings (SSSR count). The molecule has 0 atom stereocenters. The Morgan fingerprint density at radius 1 is 1.33 bits per heavy atom. The number of thiazole rings is 1. The Bertz CT molecular complexity index is 511. The molecule has 8 heteroatoms. The third kappa shape index (κ3) is 3.19. The van der Waals surface area contributed by atoms with Crippen molar-refractivity contribution >= 4 is 39.6 Å². The van der Waals surface area contributed by atoms with Gasteiger partial charge in [0, 0.05) is 12.9 Å². The van der Waals surface area contributed by atoms with Crippen LogP contribution in [-0.4, -0.2) is 28.0 Å². The fraction of sp³-hybridized carbons (Fsp3) is 0.500. The Kier molecular flexibility index (Phi) is 4.93. The first-order valence-corrected chi connectivity index (χ1v) is 8.18. The first-order chi connectivity index (χ1) is 8.74. The molecule has 0 radical (unpaired) electrons. The third-order valence-corrected chi connectivity index (χ3v) is 5.16. The van der Waals surface area contributed by atoms with Crippen LogP contribution >= 0.6 is 34.4 Å². The van der Waals surface area contributed by atoms with Gasteiger partial charge in [-0.3, -0.25) is 0 Å². The van der Waals surface area contributed by atoms with Gasteiger partial charge in [-0.05, 0) is 5.75 Å². The zero-order valence-electron chi connectivity index (χ0n) is 10.2. The highest BCUT2D eigenvalue weighted by Crippen LogP contribution is 2.34. The van der Waals surface area contributed by atoms with Crippen molar-refractivity contribution in [1.82, 2.24) is 15.2 Å². The normalized spacial score (nSPS) is 11.0. The SMILES string of the molecule is CCSCc1nc(COC)c(-c2nnc(N)s2)s1. The Hall–Kier alpha value is -0.700. The molecule has 5 nitrogen and oxygen atoms in total. The number of nitrogen functional groups attached to an aromatic ring is 1. The molecule has 0 bridgehead atoms. The standard InChI is InChI=1S/C10H14N4OS3/c1-3-16-5-7-12-6(4-15-2)8(17-7)9-13-14-10(11)18-9/h3-5H2,1-2H3,(H2,11,14). The predicted octanol–water partition coefficient (Wildman–Crippen LogP) is 2.64. The van der Waals surface area contributed by atoms with E-state index in [9.17, 15) is 0 Å². The number of hydrogen-bond donors (Lipinski definition) is 1. The van der Waals surface area contributed by atoms with Crippen molar-refractivity contribution in [3.63, 3.8) is 0 Å². The molecule has 2 N–H and O–H groups in total. The van der Waals surface area contributed by atoms with Gasteiger partial charge in [-0.2, -0.15) is 11.8 Å². The molecule has 0 amide bonds. The molecule has 0 aliphatic carbocycles. The van der Waals surface area contributed by atoms with E-state index in [0.717, 1.165) is 32.1 Å². The number of nitrogens with zero attached hydrogens (tertiary/aromatic N) is 3. The highest BCUT2D eigenvalue weighted by molar-refractivity contribution is 7.98. The number of nitrogens with two attached hydrogens (primary N) is 1. The van der Waals surface area contributed by atoms with Crippen molar-refractivity contribution in [1.29, 1.82) is 0 Å². The van der Waals surface area contributed by atoms with E-state index in [1.54, 1.807) is 18.4 Å². The molecule has 98 valence electrons. The maximum Gasteiger partial charge on any atom is 0.203 e. The molecule has 2 aromatic rings. The minimum absolute atomic E-state index is 0.478. The van der Waals surface area contributed by atoms with Crippen LogP contribution in [0.25, 0.3) is 9.88 Å². The molecule has 0 unspecified atom stereocenters. The van der Waals surface area contributed by atoms with Crippen molar-refractivity contribution in [3.05, 3.63) is 10.7 Å². The monoisotopic (exact) mass is 302 g/mol. The average Bonchev–Trinajstić information content (AvgIpc) is 2.93. The fourth-order valence-electron chi connectivity index (χ4n) is 1.38. The molecule has 0 aliphatic heterocycles. The number of hydrogen-bond acceptors (Lipinski definition) is 8. The predicted molar refractivity (Wildman–Crippen MR) is 78.0 cm³/mol. The van der Waals surface area contributed by atoms with Gasteiger partial charge in [-0.1, -0.05) is 18.3 Å². The van der Waals surface area contributed by atoms with Gasteiger partial charge in [0.2, 0.25) is 5.13 Å². The van der Waals surface area contributed by atoms with Gasteiger partial charge in [0.05, 0.1) is 17.2 Å². The lowest BCUT2D eigenvalue weighted by molar-refractivity contribution is 0.182. The number of ether oxygens (including phenoxy) is 1. The van der Waals surface area contributed by atoms with Gasteiger partial charge in [0.25, 0.3) is 0 Å². The van der Waals surface area contributed by atoms with E-state index in [4.69, 9.17) is 10.5 Å². The van der Waals surface area contributed by atoms with Gasteiger partial charge >= 0.3 is 0 Å². The van der Waals surface area contributed by atoms with Crippen molar-refractivity contribution < 1.29 is 4.74 Å². The van der Waals surface area contributed by atoms with Gasteiger partial charge in [-0.25, -0.2) is 4.98 Å². The first-order valence-electron chi connectivity index (χ1n) is 5.39. The number of rotatable bonds is 6. The van der Waals surface area contributed by atoms with Crippen molar-refractivity contribution in [3.8, 4) is 9.88 Å². The zero-order valence-corrected chi connectivity index (χ0v) is 12.6. The van der Waals surface area contributed by atoms with Crippen molar-refractivity contribution in [2.24, 2.45) is 0 Å². The summed E-state index contributed by atoms with van der Waals surface area (Å²) in [5.41, 5.74) is 6.54. The maximum absolute atomic E-state index is 5.62. The Labute approximate surface area is 118 Å². The molecule has 2 heterocycles. The first kappa shape index (κ1) is 13.7. The van der Waals surface area contributed by atoms with Crippen LogP contribution in [-0.2, 0) is 17.1 Å². The molecule has 18 heavy (non-hydrogen) atoms. The second-order valence-electron chi connectivity index (χ2n) is 3.40. The van der Waals surface area contributed by atoms with Crippen LogP contribution in [0.5, 0.6) is 0 Å². The summed E-state index contributed by atoms with van der Waals surface area (Å²) in [6, 6.07) is 0. The van der Waals surface area contributed by atoms with Crippen LogP contribution in [0.3, 0.4) is 0 Å². The summed E-state index contributed by atoms with van der Waals surface area (Å²) < 4.78 is 5.18. The average molecular weight is 302 g/mol.